The Labute approximate surface area is 198 Å². The zero-order chi connectivity index (χ0) is 25.7. The van der Waals surface area contributed by atoms with E-state index in [1.54, 1.807) is 26.0 Å². The summed E-state index contributed by atoms with van der Waals surface area (Å²) in [7, 11) is 2.71. The summed E-state index contributed by atoms with van der Waals surface area (Å²) in [5.41, 5.74) is 6.72. The monoisotopic (exact) mass is 479 g/mol. The van der Waals surface area contributed by atoms with E-state index in [0.29, 0.717) is 16.8 Å². The summed E-state index contributed by atoms with van der Waals surface area (Å²) < 4.78 is 18.7. The Kier molecular flexibility index (Phi) is 8.86. The minimum absolute atomic E-state index is 0.0574. The van der Waals surface area contributed by atoms with Gasteiger partial charge in [0, 0.05) is 18.7 Å². The lowest BCUT2D eigenvalue weighted by molar-refractivity contribution is -1.20. The van der Waals surface area contributed by atoms with Gasteiger partial charge in [0.2, 0.25) is 5.69 Å². The van der Waals surface area contributed by atoms with Crippen molar-refractivity contribution in [1.82, 2.24) is 10.3 Å². The summed E-state index contributed by atoms with van der Waals surface area (Å²) in [6.07, 6.45) is 2.15. The fourth-order valence-electron chi connectivity index (χ4n) is 3.33. The summed E-state index contributed by atoms with van der Waals surface area (Å²) >= 11 is 0. The molecule has 2 aromatic rings. The molecule has 0 saturated heterocycles. The van der Waals surface area contributed by atoms with Crippen LogP contribution in [0.4, 0.5) is 15.8 Å². The Hall–Kier alpha value is -2.90. The van der Waals surface area contributed by atoms with Crippen molar-refractivity contribution in [2.45, 2.75) is 34.1 Å². The zero-order valence-corrected chi connectivity index (χ0v) is 20.2. The van der Waals surface area contributed by atoms with Crippen LogP contribution in [-0.2, 0) is 0 Å². The van der Waals surface area contributed by atoms with E-state index in [1.165, 1.54) is 44.5 Å². The smallest absolute Gasteiger partial charge is 0.317 e. The number of nitrogens with zero attached hydrogens (tertiary/aromatic N) is 3. The summed E-state index contributed by atoms with van der Waals surface area (Å²) in [5.74, 6) is -0.467. The number of aliphatic imine (C=N–C) groups is 1. The first-order chi connectivity index (χ1) is 15.9. The minimum atomic E-state index is -1.82. The Bertz CT molecular complexity index is 1050. The Morgan fingerprint density at radius 3 is 2.29 bits per heavy atom. The molecule has 0 bridgehead atoms. The predicted octanol–water partition coefficient (Wildman–Crippen LogP) is 4.68. The van der Waals surface area contributed by atoms with Crippen molar-refractivity contribution in [3.05, 3.63) is 65.2 Å². The third-order valence-corrected chi connectivity index (χ3v) is 5.47. The van der Waals surface area contributed by atoms with Crippen molar-refractivity contribution in [2.24, 2.45) is 10.9 Å². The maximum Gasteiger partial charge on any atom is 0.317 e. The van der Waals surface area contributed by atoms with Gasteiger partial charge in [-0.05, 0) is 49.9 Å². The number of aryl methyl sites for hydroxylation is 1. The first kappa shape index (κ1) is 27.3. The number of halogens is 1. The molecule has 0 aromatic heterocycles. The molecule has 2 rings (SSSR count). The molecule has 0 spiro atoms. The molecule has 0 amide bonds. The van der Waals surface area contributed by atoms with E-state index in [1.807, 2.05) is 13.8 Å². The van der Waals surface area contributed by atoms with Crippen LogP contribution in [0, 0.1) is 18.7 Å². The fourth-order valence-corrected chi connectivity index (χ4v) is 3.33. The number of hydrogen-bond acceptors (Lipinski definition) is 8. The van der Waals surface area contributed by atoms with Crippen molar-refractivity contribution >= 4 is 17.1 Å². The summed E-state index contributed by atoms with van der Waals surface area (Å²) in [4.78, 5) is 1.09. The number of methoxy groups -OCH3 is 1. The number of anilines is 1. The molecule has 1 unspecified atom stereocenters. The number of quaternary nitrogens is 2. The van der Waals surface area contributed by atoms with Crippen LogP contribution in [0.3, 0.4) is 0 Å². The van der Waals surface area contributed by atoms with Gasteiger partial charge in [0.25, 0.3) is 0 Å². The molecular weight excluding hydrogens is 445 g/mol. The molecule has 10 nitrogen and oxygen atoms in total. The van der Waals surface area contributed by atoms with Gasteiger partial charge < -0.3 is 4.74 Å². The lowest BCUT2D eigenvalue weighted by Crippen LogP contribution is -2.52. The van der Waals surface area contributed by atoms with Crippen molar-refractivity contribution in [3.63, 3.8) is 0 Å². The van der Waals surface area contributed by atoms with E-state index in [9.17, 15) is 25.2 Å². The van der Waals surface area contributed by atoms with Gasteiger partial charge in [-0.1, -0.05) is 31.4 Å². The van der Waals surface area contributed by atoms with Crippen LogP contribution in [0.1, 0.15) is 38.3 Å². The number of hydrogen-bond donors (Lipinski definition) is 6. The molecule has 11 heteroatoms. The third kappa shape index (κ3) is 6.15. The molecule has 1 atom stereocenters. The van der Waals surface area contributed by atoms with Crippen LogP contribution < -0.4 is 20.5 Å². The highest BCUT2D eigenvalue weighted by atomic mass is 19.1. The second kappa shape index (κ2) is 11.0. The highest BCUT2D eigenvalue weighted by Gasteiger charge is 2.35. The molecule has 0 aliphatic rings. The van der Waals surface area contributed by atoms with Crippen LogP contribution in [0.2, 0.25) is 0 Å². The standard InChI is InChI=1S/C23H34FN5O5/c1-7-15(3)23(17-9-11-18(24)12-10-17)26-22(8-2)29(32,33)27-19-13-16(4)20(14-21(19)34-6)28(30,31)25-5/h8-15,25,27,30-33H,7H2,1-6H3/q+2/b22-8+,26-23+. The average molecular weight is 480 g/mol. The highest BCUT2D eigenvalue weighted by molar-refractivity contribution is 6.02. The molecule has 0 aliphatic carbocycles. The van der Waals surface area contributed by atoms with Crippen LogP contribution in [0.5, 0.6) is 5.75 Å². The summed E-state index contributed by atoms with van der Waals surface area (Å²) in [5, 5.41) is 42.0. The second-order valence-corrected chi connectivity index (χ2v) is 7.84. The van der Waals surface area contributed by atoms with E-state index >= 15 is 0 Å². The van der Waals surface area contributed by atoms with Gasteiger partial charge in [-0.25, -0.2) is 4.39 Å². The van der Waals surface area contributed by atoms with E-state index in [-0.39, 0.29) is 34.7 Å². The second-order valence-electron chi connectivity index (χ2n) is 7.84. The SMILES string of the molecule is C/C=C(\N=C(\c1ccc(F)cc1)C(C)CC)[N+](O)(O)Nc1cc(C)c([N+](O)(O)NC)cc1OC. The number of nitrogens with one attached hydrogen (secondary N) is 2. The van der Waals surface area contributed by atoms with Crippen LogP contribution in [0.25, 0.3) is 0 Å². The number of hydroxylamine groups is 2. The number of allylic oxidation sites excluding steroid dienone is 1. The maximum atomic E-state index is 13.4. The van der Waals surface area contributed by atoms with E-state index < -0.39 is 9.84 Å². The molecular formula is C23H34FN5O5+2. The number of benzene rings is 2. The predicted molar refractivity (Wildman–Crippen MR) is 126 cm³/mol. The van der Waals surface area contributed by atoms with Gasteiger partial charge in [0.1, 0.15) is 11.5 Å². The van der Waals surface area contributed by atoms with E-state index in [0.717, 1.165) is 6.42 Å². The molecule has 0 aliphatic heterocycles. The van der Waals surface area contributed by atoms with Gasteiger partial charge in [0.05, 0.1) is 28.7 Å². The average Bonchev–Trinajstić information content (AvgIpc) is 2.79. The molecule has 2 aromatic carbocycles. The topological polar surface area (TPSA) is 127 Å². The highest BCUT2D eigenvalue weighted by Crippen LogP contribution is 2.35. The number of rotatable bonds is 10. The minimum Gasteiger partial charge on any atom is -0.494 e. The molecule has 0 fully saturated rings. The first-order valence-corrected chi connectivity index (χ1v) is 10.8. The van der Waals surface area contributed by atoms with Gasteiger partial charge in [0.15, 0.2) is 5.75 Å². The van der Waals surface area contributed by atoms with Crippen LogP contribution in [0.15, 0.2) is 53.3 Å². The molecule has 6 N–H and O–H groups in total. The zero-order valence-electron chi connectivity index (χ0n) is 20.2. The Morgan fingerprint density at radius 2 is 1.79 bits per heavy atom. The summed E-state index contributed by atoms with van der Waals surface area (Å²) in [6.45, 7) is 7.12. The van der Waals surface area contributed by atoms with Gasteiger partial charge in [-0.3, -0.25) is 0 Å². The Morgan fingerprint density at radius 1 is 1.18 bits per heavy atom. The van der Waals surface area contributed by atoms with Crippen molar-refractivity contribution in [1.29, 1.82) is 0 Å². The van der Waals surface area contributed by atoms with Gasteiger partial charge >= 0.3 is 5.82 Å². The number of ether oxygens (including phenoxy) is 1. The largest absolute Gasteiger partial charge is 0.494 e. The van der Waals surface area contributed by atoms with Crippen LogP contribution in [-0.4, -0.2) is 45.6 Å². The molecule has 0 radical (unpaired) electrons. The van der Waals surface area contributed by atoms with Crippen molar-refractivity contribution < 1.29 is 34.9 Å². The van der Waals surface area contributed by atoms with Crippen molar-refractivity contribution in [3.8, 4) is 5.75 Å². The van der Waals surface area contributed by atoms with E-state index in [2.05, 4.69) is 15.8 Å². The molecule has 0 saturated carbocycles. The third-order valence-electron chi connectivity index (χ3n) is 5.47. The lowest BCUT2D eigenvalue weighted by Gasteiger charge is -2.25. The van der Waals surface area contributed by atoms with Crippen molar-refractivity contribution in [2.75, 3.05) is 19.6 Å². The quantitative estimate of drug-likeness (QED) is 0.166. The van der Waals surface area contributed by atoms with Gasteiger partial charge in [-0.2, -0.15) is 20.8 Å². The lowest BCUT2D eigenvalue weighted by atomic mass is 9.96. The fraction of sp³-hybridized carbons (Fsp3) is 0.348. The Balaban J connectivity index is 2.51. The van der Waals surface area contributed by atoms with Gasteiger partial charge in [-0.15, -0.1) is 10.4 Å². The van der Waals surface area contributed by atoms with E-state index in [4.69, 9.17) is 4.74 Å². The molecule has 186 valence electrons. The first-order valence-electron chi connectivity index (χ1n) is 10.8. The maximum absolute atomic E-state index is 13.4. The molecule has 34 heavy (non-hydrogen) atoms. The summed E-state index contributed by atoms with van der Waals surface area (Å²) in [6, 6.07) is 8.63. The molecule has 0 heterocycles. The van der Waals surface area contributed by atoms with Crippen LogP contribution >= 0.6 is 0 Å². The normalized spacial score (nSPS) is 14.2.